The molecule has 1 atom stereocenters. The van der Waals surface area contributed by atoms with Crippen LogP contribution in [-0.2, 0) is 22.6 Å². The van der Waals surface area contributed by atoms with Crippen molar-refractivity contribution in [3.8, 4) is 11.5 Å². The molecule has 0 saturated carbocycles. The summed E-state index contributed by atoms with van der Waals surface area (Å²) in [6.07, 6.45) is 0.0742. The lowest BCUT2D eigenvalue weighted by Gasteiger charge is -2.27. The van der Waals surface area contributed by atoms with E-state index in [9.17, 15) is 14.7 Å². The Balaban J connectivity index is 2.22. The normalized spacial score (nSPS) is 11.5. The average molecular weight is 357 g/mol. The molecule has 138 valence electrons. The van der Waals surface area contributed by atoms with Crippen LogP contribution in [0.3, 0.4) is 0 Å². The highest BCUT2D eigenvalue weighted by molar-refractivity contribution is 5.84. The van der Waals surface area contributed by atoms with Gasteiger partial charge >= 0.3 is 5.97 Å². The van der Waals surface area contributed by atoms with Crippen LogP contribution in [0.4, 0.5) is 0 Å². The second-order valence-corrected chi connectivity index (χ2v) is 5.89. The van der Waals surface area contributed by atoms with Crippen LogP contribution >= 0.6 is 0 Å². The summed E-state index contributed by atoms with van der Waals surface area (Å²) in [5.74, 6) is -0.208. The van der Waals surface area contributed by atoms with Crippen molar-refractivity contribution in [2.75, 3.05) is 14.2 Å². The highest BCUT2D eigenvalue weighted by Crippen LogP contribution is 2.28. The lowest BCUT2D eigenvalue weighted by atomic mass is 10.1. The molecule has 2 aromatic carbocycles. The fourth-order valence-corrected chi connectivity index (χ4v) is 2.62. The Morgan fingerprint density at radius 3 is 2.23 bits per heavy atom. The molecule has 0 aromatic heterocycles. The molecule has 0 aliphatic carbocycles. The first-order valence-corrected chi connectivity index (χ1v) is 8.23. The summed E-state index contributed by atoms with van der Waals surface area (Å²) in [7, 11) is 3.07. The van der Waals surface area contributed by atoms with Gasteiger partial charge in [-0.2, -0.15) is 0 Å². The molecule has 0 radical (unpaired) electrons. The van der Waals surface area contributed by atoms with Crippen molar-refractivity contribution in [1.29, 1.82) is 0 Å². The van der Waals surface area contributed by atoms with Crippen LogP contribution in [0.1, 0.15) is 18.1 Å². The first-order valence-electron chi connectivity index (χ1n) is 8.23. The van der Waals surface area contributed by atoms with E-state index in [1.807, 2.05) is 30.3 Å². The number of aliphatic carboxylic acids is 1. The minimum atomic E-state index is -1.04. The molecule has 6 nitrogen and oxygen atoms in total. The molecule has 2 aromatic rings. The zero-order valence-corrected chi connectivity index (χ0v) is 15.1. The van der Waals surface area contributed by atoms with Gasteiger partial charge in [0.15, 0.2) is 11.5 Å². The predicted molar refractivity (Wildman–Crippen MR) is 97.3 cm³/mol. The van der Waals surface area contributed by atoms with E-state index in [0.29, 0.717) is 11.5 Å². The van der Waals surface area contributed by atoms with Gasteiger partial charge in [0.05, 0.1) is 20.6 Å². The van der Waals surface area contributed by atoms with Gasteiger partial charge in [-0.05, 0) is 30.2 Å². The zero-order chi connectivity index (χ0) is 19.1. The Labute approximate surface area is 153 Å². The number of nitrogens with zero attached hydrogens (tertiary/aromatic N) is 1. The quantitative estimate of drug-likeness (QED) is 0.786. The molecule has 1 N–H and O–H groups in total. The van der Waals surface area contributed by atoms with E-state index < -0.39 is 12.0 Å². The zero-order valence-electron chi connectivity index (χ0n) is 15.1. The molecule has 0 heterocycles. The van der Waals surface area contributed by atoms with Crippen LogP contribution < -0.4 is 9.47 Å². The van der Waals surface area contributed by atoms with Gasteiger partial charge in [0, 0.05) is 6.54 Å². The van der Waals surface area contributed by atoms with Gasteiger partial charge < -0.3 is 19.5 Å². The minimum absolute atomic E-state index is 0.0742. The van der Waals surface area contributed by atoms with E-state index in [-0.39, 0.29) is 18.9 Å². The summed E-state index contributed by atoms with van der Waals surface area (Å²) in [4.78, 5) is 25.6. The minimum Gasteiger partial charge on any atom is -0.493 e. The van der Waals surface area contributed by atoms with Crippen molar-refractivity contribution < 1.29 is 24.2 Å². The Kier molecular flexibility index (Phi) is 6.60. The Morgan fingerprint density at radius 1 is 1.00 bits per heavy atom. The van der Waals surface area contributed by atoms with Crippen molar-refractivity contribution in [2.24, 2.45) is 0 Å². The number of hydrogen-bond donors (Lipinski definition) is 1. The lowest BCUT2D eigenvalue weighted by molar-refractivity contribution is -0.149. The molecule has 0 bridgehead atoms. The summed E-state index contributed by atoms with van der Waals surface area (Å²) in [5, 5.41) is 9.37. The van der Waals surface area contributed by atoms with E-state index >= 15 is 0 Å². The molecular formula is C20H23NO5. The first-order chi connectivity index (χ1) is 12.5. The van der Waals surface area contributed by atoms with Gasteiger partial charge in [0.2, 0.25) is 5.91 Å². The van der Waals surface area contributed by atoms with Crippen molar-refractivity contribution in [1.82, 2.24) is 4.90 Å². The maximum atomic E-state index is 12.8. The molecule has 0 fully saturated rings. The summed E-state index contributed by atoms with van der Waals surface area (Å²) < 4.78 is 10.5. The third kappa shape index (κ3) is 4.75. The van der Waals surface area contributed by atoms with Gasteiger partial charge in [0.1, 0.15) is 6.04 Å². The molecule has 26 heavy (non-hydrogen) atoms. The SMILES string of the molecule is COc1ccc(CC(=O)N(Cc2ccccc2)C(C)C(=O)O)cc1OC. The number of carboxylic acid groups (broad SMARTS) is 1. The summed E-state index contributed by atoms with van der Waals surface area (Å²) in [6, 6.07) is 13.6. The average Bonchev–Trinajstić information content (AvgIpc) is 2.66. The molecule has 0 spiro atoms. The second kappa shape index (κ2) is 8.89. The van der Waals surface area contributed by atoms with E-state index in [1.165, 1.54) is 18.9 Å². The number of carboxylic acids is 1. The third-order valence-corrected chi connectivity index (χ3v) is 4.14. The van der Waals surface area contributed by atoms with E-state index in [1.54, 1.807) is 25.3 Å². The molecule has 1 amide bonds. The number of methoxy groups -OCH3 is 2. The fourth-order valence-electron chi connectivity index (χ4n) is 2.62. The van der Waals surface area contributed by atoms with Crippen LogP contribution in [0.15, 0.2) is 48.5 Å². The first kappa shape index (κ1) is 19.3. The largest absolute Gasteiger partial charge is 0.493 e. The van der Waals surface area contributed by atoms with E-state index in [2.05, 4.69) is 0 Å². The molecule has 1 unspecified atom stereocenters. The topological polar surface area (TPSA) is 76.1 Å². The summed E-state index contributed by atoms with van der Waals surface area (Å²) in [5.41, 5.74) is 1.60. The highest BCUT2D eigenvalue weighted by Gasteiger charge is 2.26. The number of benzene rings is 2. The summed E-state index contributed by atoms with van der Waals surface area (Å²) in [6.45, 7) is 1.75. The van der Waals surface area contributed by atoms with E-state index in [0.717, 1.165) is 11.1 Å². The van der Waals surface area contributed by atoms with Gasteiger partial charge in [-0.25, -0.2) is 4.79 Å². The lowest BCUT2D eigenvalue weighted by Crippen LogP contribution is -2.43. The van der Waals surface area contributed by atoms with Crippen LogP contribution in [0.2, 0.25) is 0 Å². The molecular weight excluding hydrogens is 334 g/mol. The Hall–Kier alpha value is -3.02. The maximum absolute atomic E-state index is 12.8. The number of amides is 1. The molecule has 2 rings (SSSR count). The molecule has 0 saturated heterocycles. The predicted octanol–water partition coefficient (Wildman–Crippen LogP) is 2.75. The molecule has 0 aliphatic rings. The summed E-state index contributed by atoms with van der Waals surface area (Å²) >= 11 is 0. The molecule has 6 heteroatoms. The van der Waals surface area contributed by atoms with Gasteiger partial charge in [0.25, 0.3) is 0 Å². The number of carbonyl (C=O) groups excluding carboxylic acids is 1. The van der Waals surface area contributed by atoms with E-state index in [4.69, 9.17) is 9.47 Å². The van der Waals surface area contributed by atoms with Crippen LogP contribution in [0, 0.1) is 0 Å². The van der Waals surface area contributed by atoms with Crippen LogP contribution in [0.5, 0.6) is 11.5 Å². The van der Waals surface area contributed by atoms with Gasteiger partial charge in [-0.3, -0.25) is 4.79 Å². The van der Waals surface area contributed by atoms with Crippen LogP contribution in [0.25, 0.3) is 0 Å². The van der Waals surface area contributed by atoms with Crippen molar-refractivity contribution in [2.45, 2.75) is 25.9 Å². The molecule has 0 aliphatic heterocycles. The Morgan fingerprint density at radius 2 is 1.65 bits per heavy atom. The fraction of sp³-hybridized carbons (Fsp3) is 0.300. The number of hydrogen-bond acceptors (Lipinski definition) is 4. The van der Waals surface area contributed by atoms with Gasteiger partial charge in [-0.15, -0.1) is 0 Å². The second-order valence-electron chi connectivity index (χ2n) is 5.89. The van der Waals surface area contributed by atoms with Crippen molar-refractivity contribution in [3.63, 3.8) is 0 Å². The third-order valence-electron chi connectivity index (χ3n) is 4.14. The van der Waals surface area contributed by atoms with Crippen LogP contribution in [-0.4, -0.2) is 42.1 Å². The monoisotopic (exact) mass is 357 g/mol. The number of rotatable bonds is 8. The highest BCUT2D eigenvalue weighted by atomic mass is 16.5. The maximum Gasteiger partial charge on any atom is 0.326 e. The number of ether oxygens (including phenoxy) is 2. The Bertz CT molecular complexity index is 760. The van der Waals surface area contributed by atoms with Gasteiger partial charge in [-0.1, -0.05) is 36.4 Å². The smallest absolute Gasteiger partial charge is 0.326 e. The number of carbonyl (C=O) groups is 2. The van der Waals surface area contributed by atoms with Crippen molar-refractivity contribution in [3.05, 3.63) is 59.7 Å². The van der Waals surface area contributed by atoms with Crippen molar-refractivity contribution >= 4 is 11.9 Å². The standard InChI is InChI=1S/C20H23NO5/c1-14(20(23)24)21(13-15-7-5-4-6-8-15)19(22)12-16-9-10-17(25-2)18(11-16)26-3/h4-11,14H,12-13H2,1-3H3,(H,23,24).